The standard InChI is InChI=1S/C15H23N3O/c16-14-3-4-15(19)13(9-14)11-18-7-5-17(6-8-18)10-12-1-2-12/h3-4,9,12,19H,1-2,5-8,10-11,16H2. The van der Waals surface area contributed by atoms with Gasteiger partial charge in [-0.2, -0.15) is 0 Å². The van der Waals surface area contributed by atoms with E-state index in [9.17, 15) is 5.11 Å². The molecule has 0 atom stereocenters. The summed E-state index contributed by atoms with van der Waals surface area (Å²) in [4.78, 5) is 4.98. The molecule has 0 unspecified atom stereocenters. The Bertz CT molecular complexity index is 437. The van der Waals surface area contributed by atoms with Crippen molar-refractivity contribution in [2.24, 2.45) is 5.92 Å². The van der Waals surface area contributed by atoms with Gasteiger partial charge >= 0.3 is 0 Å². The highest BCUT2D eigenvalue weighted by Crippen LogP contribution is 2.30. The van der Waals surface area contributed by atoms with Crippen molar-refractivity contribution in [2.75, 3.05) is 38.5 Å². The van der Waals surface area contributed by atoms with Gasteiger partial charge < -0.3 is 15.7 Å². The van der Waals surface area contributed by atoms with E-state index in [1.165, 1.54) is 19.4 Å². The number of benzene rings is 1. The van der Waals surface area contributed by atoms with Gasteiger partial charge in [-0.3, -0.25) is 4.90 Å². The molecule has 1 saturated carbocycles. The van der Waals surface area contributed by atoms with E-state index in [-0.39, 0.29) is 0 Å². The lowest BCUT2D eigenvalue weighted by Gasteiger charge is -2.34. The number of piperazine rings is 1. The van der Waals surface area contributed by atoms with Crippen LogP contribution in [0.25, 0.3) is 0 Å². The maximum atomic E-state index is 9.85. The number of phenols is 1. The minimum absolute atomic E-state index is 0.356. The maximum absolute atomic E-state index is 9.85. The molecule has 3 rings (SSSR count). The molecule has 0 spiro atoms. The predicted octanol–water partition coefficient (Wildman–Crippen LogP) is 1.50. The van der Waals surface area contributed by atoms with E-state index in [4.69, 9.17) is 5.73 Å². The van der Waals surface area contributed by atoms with Gasteiger partial charge in [-0.25, -0.2) is 0 Å². The first-order valence-corrected chi connectivity index (χ1v) is 7.23. The van der Waals surface area contributed by atoms with Crippen LogP contribution in [-0.2, 0) is 6.54 Å². The maximum Gasteiger partial charge on any atom is 0.120 e. The third kappa shape index (κ3) is 3.39. The molecule has 3 N–H and O–H groups in total. The molecule has 1 aromatic carbocycles. The Hall–Kier alpha value is -1.26. The number of anilines is 1. The highest BCUT2D eigenvalue weighted by molar-refractivity contribution is 5.47. The summed E-state index contributed by atoms with van der Waals surface area (Å²) >= 11 is 0. The summed E-state index contributed by atoms with van der Waals surface area (Å²) in [6.45, 7) is 6.56. The number of phenolic OH excluding ortho intramolecular Hbond substituents is 1. The second kappa shape index (κ2) is 5.39. The number of hydrogen-bond donors (Lipinski definition) is 2. The molecular weight excluding hydrogens is 238 g/mol. The van der Waals surface area contributed by atoms with Gasteiger partial charge in [-0.15, -0.1) is 0 Å². The monoisotopic (exact) mass is 261 g/mol. The zero-order valence-corrected chi connectivity index (χ0v) is 11.4. The third-order valence-electron chi connectivity index (χ3n) is 4.18. The molecule has 1 aromatic rings. The van der Waals surface area contributed by atoms with Crippen LogP contribution in [-0.4, -0.2) is 47.6 Å². The molecule has 104 valence electrons. The van der Waals surface area contributed by atoms with Gasteiger partial charge in [0.1, 0.15) is 5.75 Å². The summed E-state index contributed by atoms with van der Waals surface area (Å²) in [5.74, 6) is 1.33. The van der Waals surface area contributed by atoms with Crippen LogP contribution in [0.5, 0.6) is 5.75 Å². The molecule has 1 saturated heterocycles. The molecule has 0 amide bonds. The second-order valence-electron chi connectivity index (χ2n) is 5.91. The van der Waals surface area contributed by atoms with Gasteiger partial charge in [0.25, 0.3) is 0 Å². The minimum Gasteiger partial charge on any atom is -0.508 e. The van der Waals surface area contributed by atoms with Crippen molar-refractivity contribution < 1.29 is 5.11 Å². The van der Waals surface area contributed by atoms with Crippen LogP contribution in [0, 0.1) is 5.92 Å². The van der Waals surface area contributed by atoms with Crippen molar-refractivity contribution in [3.05, 3.63) is 23.8 Å². The fourth-order valence-electron chi connectivity index (χ4n) is 2.77. The lowest BCUT2D eigenvalue weighted by Crippen LogP contribution is -2.46. The summed E-state index contributed by atoms with van der Waals surface area (Å²) in [5, 5.41) is 9.85. The lowest BCUT2D eigenvalue weighted by molar-refractivity contribution is 0.122. The Morgan fingerprint density at radius 1 is 1.11 bits per heavy atom. The zero-order chi connectivity index (χ0) is 13.2. The van der Waals surface area contributed by atoms with Crippen molar-refractivity contribution in [1.29, 1.82) is 0 Å². The zero-order valence-electron chi connectivity index (χ0n) is 11.4. The lowest BCUT2D eigenvalue weighted by atomic mass is 10.1. The van der Waals surface area contributed by atoms with Crippen molar-refractivity contribution in [3.8, 4) is 5.75 Å². The molecule has 1 aliphatic carbocycles. The van der Waals surface area contributed by atoms with Crippen LogP contribution < -0.4 is 5.73 Å². The first kappa shape index (κ1) is 12.8. The van der Waals surface area contributed by atoms with Crippen LogP contribution in [0.1, 0.15) is 18.4 Å². The molecule has 2 aliphatic rings. The summed E-state index contributed by atoms with van der Waals surface area (Å²) in [6, 6.07) is 5.31. The number of hydrogen-bond acceptors (Lipinski definition) is 4. The quantitative estimate of drug-likeness (QED) is 0.637. The van der Waals surface area contributed by atoms with Gasteiger partial charge in [-0.05, 0) is 37.0 Å². The van der Waals surface area contributed by atoms with Crippen LogP contribution >= 0.6 is 0 Å². The molecular formula is C15H23N3O. The van der Waals surface area contributed by atoms with E-state index in [0.29, 0.717) is 5.75 Å². The molecule has 0 aromatic heterocycles. The molecule has 19 heavy (non-hydrogen) atoms. The average molecular weight is 261 g/mol. The van der Waals surface area contributed by atoms with Crippen LogP contribution in [0.15, 0.2) is 18.2 Å². The Kier molecular flexibility index (Phi) is 3.62. The summed E-state index contributed by atoms with van der Waals surface area (Å²) < 4.78 is 0. The highest BCUT2D eigenvalue weighted by atomic mass is 16.3. The van der Waals surface area contributed by atoms with Crippen LogP contribution in [0.2, 0.25) is 0 Å². The molecule has 0 bridgehead atoms. The number of nitrogen functional groups attached to an aromatic ring is 1. The van der Waals surface area contributed by atoms with Gasteiger partial charge in [0, 0.05) is 50.5 Å². The molecule has 2 fully saturated rings. The molecule has 4 nitrogen and oxygen atoms in total. The smallest absolute Gasteiger partial charge is 0.120 e. The van der Waals surface area contributed by atoms with E-state index < -0.39 is 0 Å². The van der Waals surface area contributed by atoms with Crippen molar-refractivity contribution in [3.63, 3.8) is 0 Å². The van der Waals surface area contributed by atoms with E-state index in [0.717, 1.165) is 49.9 Å². The summed E-state index contributed by atoms with van der Waals surface area (Å²) in [6.07, 6.45) is 2.86. The van der Waals surface area contributed by atoms with E-state index in [1.807, 2.05) is 6.07 Å². The van der Waals surface area contributed by atoms with E-state index in [2.05, 4.69) is 9.80 Å². The first-order valence-electron chi connectivity index (χ1n) is 7.23. The largest absolute Gasteiger partial charge is 0.508 e. The fraction of sp³-hybridized carbons (Fsp3) is 0.600. The minimum atomic E-state index is 0.356. The molecule has 1 heterocycles. The first-order chi connectivity index (χ1) is 9.20. The molecule has 0 radical (unpaired) electrons. The highest BCUT2D eigenvalue weighted by Gasteiger charge is 2.26. The second-order valence-corrected chi connectivity index (χ2v) is 5.91. The average Bonchev–Trinajstić information content (AvgIpc) is 3.20. The van der Waals surface area contributed by atoms with Crippen LogP contribution in [0.4, 0.5) is 5.69 Å². The molecule has 1 aliphatic heterocycles. The van der Waals surface area contributed by atoms with E-state index >= 15 is 0 Å². The van der Waals surface area contributed by atoms with Crippen molar-refractivity contribution in [2.45, 2.75) is 19.4 Å². The fourth-order valence-corrected chi connectivity index (χ4v) is 2.77. The number of rotatable bonds is 4. The summed E-state index contributed by atoms with van der Waals surface area (Å²) in [7, 11) is 0. The van der Waals surface area contributed by atoms with Crippen molar-refractivity contribution >= 4 is 5.69 Å². The number of aromatic hydroxyl groups is 1. The Morgan fingerprint density at radius 2 is 1.79 bits per heavy atom. The Labute approximate surface area is 114 Å². The van der Waals surface area contributed by atoms with Crippen molar-refractivity contribution in [1.82, 2.24) is 9.80 Å². The van der Waals surface area contributed by atoms with Gasteiger partial charge in [0.15, 0.2) is 0 Å². The van der Waals surface area contributed by atoms with E-state index in [1.54, 1.807) is 12.1 Å². The van der Waals surface area contributed by atoms with Gasteiger partial charge in [-0.1, -0.05) is 0 Å². The predicted molar refractivity (Wildman–Crippen MR) is 77.0 cm³/mol. The van der Waals surface area contributed by atoms with Gasteiger partial charge in [0.2, 0.25) is 0 Å². The Balaban J connectivity index is 1.52. The third-order valence-corrected chi connectivity index (χ3v) is 4.18. The number of nitrogens with two attached hydrogens (primary N) is 1. The SMILES string of the molecule is Nc1ccc(O)c(CN2CCN(CC3CC3)CC2)c1. The topological polar surface area (TPSA) is 52.7 Å². The normalized spacial score (nSPS) is 21.7. The summed E-state index contributed by atoms with van der Waals surface area (Å²) in [5.41, 5.74) is 7.44. The Morgan fingerprint density at radius 3 is 2.47 bits per heavy atom. The van der Waals surface area contributed by atoms with Crippen LogP contribution in [0.3, 0.4) is 0 Å². The van der Waals surface area contributed by atoms with Gasteiger partial charge in [0.05, 0.1) is 0 Å². The molecule has 4 heteroatoms. The number of nitrogens with zero attached hydrogens (tertiary/aromatic N) is 2.